The summed E-state index contributed by atoms with van der Waals surface area (Å²) in [6, 6.07) is 3.78. The number of nitrogens with two attached hydrogens (primary N) is 1. The number of hydrogen-bond acceptors (Lipinski definition) is 3. The van der Waals surface area contributed by atoms with Gasteiger partial charge in [0.1, 0.15) is 5.76 Å². The fourth-order valence-electron chi connectivity index (χ4n) is 0.724. The molecule has 11 heavy (non-hydrogen) atoms. The fourth-order valence-corrected chi connectivity index (χ4v) is 0.724. The van der Waals surface area contributed by atoms with Gasteiger partial charge >= 0.3 is 0 Å². The summed E-state index contributed by atoms with van der Waals surface area (Å²) in [5.41, 5.74) is 5.24. The molecule has 0 saturated carbocycles. The highest BCUT2D eigenvalue weighted by molar-refractivity contribution is 4.98. The van der Waals surface area contributed by atoms with Crippen molar-refractivity contribution in [2.24, 2.45) is 5.73 Å². The highest BCUT2D eigenvalue weighted by Crippen LogP contribution is 1.97. The Morgan fingerprint density at radius 1 is 1.64 bits per heavy atom. The minimum absolute atomic E-state index is 0.561. The Morgan fingerprint density at radius 2 is 2.55 bits per heavy atom. The maximum Gasteiger partial charge on any atom is 0.122 e. The van der Waals surface area contributed by atoms with Crippen LogP contribution in [0.2, 0.25) is 0 Å². The van der Waals surface area contributed by atoms with E-state index in [0.29, 0.717) is 13.1 Å². The standard InChI is InChI=1S/C8H12N2O/c9-4-2-5-10-7-8-3-1-6-11-8/h1-3,5-6,10H,4,7,9H2. The summed E-state index contributed by atoms with van der Waals surface area (Å²) in [7, 11) is 0. The second-order valence-corrected chi connectivity index (χ2v) is 2.10. The molecule has 0 aliphatic rings. The van der Waals surface area contributed by atoms with E-state index in [1.807, 2.05) is 24.4 Å². The quantitative estimate of drug-likeness (QED) is 0.672. The van der Waals surface area contributed by atoms with E-state index in [4.69, 9.17) is 10.2 Å². The molecule has 3 N–H and O–H groups in total. The van der Waals surface area contributed by atoms with E-state index < -0.39 is 0 Å². The van der Waals surface area contributed by atoms with Gasteiger partial charge in [-0.2, -0.15) is 0 Å². The lowest BCUT2D eigenvalue weighted by Crippen LogP contribution is -2.04. The van der Waals surface area contributed by atoms with Crippen LogP contribution in [0.25, 0.3) is 0 Å². The van der Waals surface area contributed by atoms with Crippen LogP contribution in [0.15, 0.2) is 35.1 Å². The summed E-state index contributed by atoms with van der Waals surface area (Å²) in [5.74, 6) is 0.923. The van der Waals surface area contributed by atoms with Crippen molar-refractivity contribution < 1.29 is 4.42 Å². The van der Waals surface area contributed by atoms with Crippen LogP contribution in [0.5, 0.6) is 0 Å². The molecule has 0 saturated heterocycles. The second kappa shape index (κ2) is 4.57. The number of furan rings is 1. The highest BCUT2D eigenvalue weighted by atomic mass is 16.3. The minimum Gasteiger partial charge on any atom is -0.467 e. The Balaban J connectivity index is 2.19. The van der Waals surface area contributed by atoms with E-state index in [0.717, 1.165) is 5.76 Å². The predicted octanol–water partition coefficient (Wildman–Crippen LogP) is 0.842. The normalized spacial score (nSPS) is 10.6. The van der Waals surface area contributed by atoms with Gasteiger partial charge in [0.25, 0.3) is 0 Å². The molecule has 0 radical (unpaired) electrons. The first kappa shape index (κ1) is 7.88. The lowest BCUT2D eigenvalue weighted by Gasteiger charge is -1.94. The fraction of sp³-hybridized carbons (Fsp3) is 0.250. The lowest BCUT2D eigenvalue weighted by atomic mass is 10.4. The summed E-state index contributed by atoms with van der Waals surface area (Å²) in [4.78, 5) is 0. The zero-order chi connectivity index (χ0) is 7.94. The number of nitrogens with one attached hydrogen (secondary N) is 1. The van der Waals surface area contributed by atoms with Gasteiger partial charge in [0.2, 0.25) is 0 Å². The monoisotopic (exact) mass is 152 g/mol. The van der Waals surface area contributed by atoms with Crippen molar-refractivity contribution in [3.8, 4) is 0 Å². The predicted molar refractivity (Wildman–Crippen MR) is 43.7 cm³/mol. The summed E-state index contributed by atoms with van der Waals surface area (Å²) >= 11 is 0. The highest BCUT2D eigenvalue weighted by Gasteiger charge is 1.89. The Kier molecular flexibility index (Phi) is 3.28. The third-order valence-electron chi connectivity index (χ3n) is 1.23. The maximum atomic E-state index is 5.24. The van der Waals surface area contributed by atoms with Gasteiger partial charge in [0.15, 0.2) is 0 Å². The summed E-state index contributed by atoms with van der Waals surface area (Å²) in [6.07, 6.45) is 5.33. The number of rotatable bonds is 4. The van der Waals surface area contributed by atoms with Crippen molar-refractivity contribution in [1.29, 1.82) is 0 Å². The van der Waals surface area contributed by atoms with Crippen molar-refractivity contribution in [3.05, 3.63) is 36.4 Å². The van der Waals surface area contributed by atoms with Gasteiger partial charge in [0.05, 0.1) is 12.8 Å². The van der Waals surface area contributed by atoms with Gasteiger partial charge < -0.3 is 15.5 Å². The first-order valence-electron chi connectivity index (χ1n) is 3.54. The van der Waals surface area contributed by atoms with Crippen LogP contribution in [0.3, 0.4) is 0 Å². The molecule has 0 aliphatic heterocycles. The van der Waals surface area contributed by atoms with E-state index in [1.165, 1.54) is 0 Å². The van der Waals surface area contributed by atoms with Gasteiger partial charge in [-0.25, -0.2) is 0 Å². The SMILES string of the molecule is NCC=CNCc1ccco1. The topological polar surface area (TPSA) is 51.2 Å². The van der Waals surface area contributed by atoms with Crippen molar-refractivity contribution >= 4 is 0 Å². The molecule has 1 aromatic heterocycles. The molecular formula is C8H12N2O. The van der Waals surface area contributed by atoms with Gasteiger partial charge in [-0.3, -0.25) is 0 Å². The van der Waals surface area contributed by atoms with Gasteiger partial charge in [-0.05, 0) is 18.3 Å². The maximum absolute atomic E-state index is 5.24. The van der Waals surface area contributed by atoms with Crippen LogP contribution >= 0.6 is 0 Å². The van der Waals surface area contributed by atoms with Gasteiger partial charge in [-0.15, -0.1) is 0 Å². The first-order chi connectivity index (χ1) is 5.43. The molecule has 60 valence electrons. The van der Waals surface area contributed by atoms with Crippen LogP contribution < -0.4 is 11.1 Å². The van der Waals surface area contributed by atoms with Crippen LogP contribution in [0, 0.1) is 0 Å². The molecule has 0 fully saturated rings. The van der Waals surface area contributed by atoms with Crippen molar-refractivity contribution in [2.45, 2.75) is 6.54 Å². The molecule has 3 heteroatoms. The summed E-state index contributed by atoms with van der Waals surface area (Å²) in [6.45, 7) is 1.27. The van der Waals surface area contributed by atoms with E-state index >= 15 is 0 Å². The van der Waals surface area contributed by atoms with Crippen molar-refractivity contribution in [2.75, 3.05) is 6.54 Å². The summed E-state index contributed by atoms with van der Waals surface area (Å²) < 4.78 is 5.09. The zero-order valence-corrected chi connectivity index (χ0v) is 6.29. The average molecular weight is 152 g/mol. The Hall–Kier alpha value is -1.22. The smallest absolute Gasteiger partial charge is 0.122 e. The molecular weight excluding hydrogens is 140 g/mol. The van der Waals surface area contributed by atoms with Crippen LogP contribution in [-0.4, -0.2) is 6.54 Å². The zero-order valence-electron chi connectivity index (χ0n) is 6.29. The van der Waals surface area contributed by atoms with E-state index in [1.54, 1.807) is 6.26 Å². The van der Waals surface area contributed by atoms with Gasteiger partial charge in [-0.1, -0.05) is 6.08 Å². The first-order valence-corrected chi connectivity index (χ1v) is 3.54. The molecule has 0 amide bonds. The van der Waals surface area contributed by atoms with Crippen molar-refractivity contribution in [3.63, 3.8) is 0 Å². The largest absolute Gasteiger partial charge is 0.467 e. The lowest BCUT2D eigenvalue weighted by molar-refractivity contribution is 0.499. The molecule has 1 heterocycles. The Bertz CT molecular complexity index is 204. The van der Waals surface area contributed by atoms with Crippen LogP contribution in [-0.2, 0) is 6.54 Å². The molecule has 1 rings (SSSR count). The molecule has 0 aromatic carbocycles. The van der Waals surface area contributed by atoms with Crippen LogP contribution in [0.1, 0.15) is 5.76 Å². The molecule has 0 spiro atoms. The molecule has 0 aliphatic carbocycles. The summed E-state index contributed by atoms with van der Waals surface area (Å²) in [5, 5.41) is 3.03. The van der Waals surface area contributed by atoms with E-state index in [-0.39, 0.29) is 0 Å². The third kappa shape index (κ3) is 2.91. The third-order valence-corrected chi connectivity index (χ3v) is 1.23. The minimum atomic E-state index is 0.561. The van der Waals surface area contributed by atoms with Gasteiger partial charge in [0, 0.05) is 6.54 Å². The van der Waals surface area contributed by atoms with E-state index in [9.17, 15) is 0 Å². The Labute approximate surface area is 65.9 Å². The molecule has 1 aromatic rings. The number of hydrogen-bond donors (Lipinski definition) is 2. The average Bonchev–Trinajstić information content (AvgIpc) is 2.50. The molecule has 3 nitrogen and oxygen atoms in total. The Morgan fingerprint density at radius 3 is 3.18 bits per heavy atom. The molecule has 0 atom stereocenters. The van der Waals surface area contributed by atoms with Crippen LogP contribution in [0.4, 0.5) is 0 Å². The van der Waals surface area contributed by atoms with Crippen molar-refractivity contribution in [1.82, 2.24) is 5.32 Å². The van der Waals surface area contributed by atoms with E-state index in [2.05, 4.69) is 5.32 Å². The molecule has 0 bridgehead atoms. The molecule has 0 unspecified atom stereocenters. The second-order valence-electron chi connectivity index (χ2n) is 2.10.